The lowest BCUT2D eigenvalue weighted by molar-refractivity contribution is 0.0759. The SMILES string of the molecule is CCCC1CCCN(C(=O)c2cc(Br)cc(Br)c2)CC1. The Labute approximate surface area is 138 Å². The molecule has 0 bridgehead atoms. The maximum Gasteiger partial charge on any atom is 0.253 e. The maximum atomic E-state index is 12.6. The van der Waals surface area contributed by atoms with Crippen molar-refractivity contribution in [2.75, 3.05) is 13.1 Å². The number of carbonyl (C=O) groups excluding carboxylic acids is 1. The normalized spacial score (nSPS) is 19.8. The zero-order valence-electron chi connectivity index (χ0n) is 11.9. The van der Waals surface area contributed by atoms with Gasteiger partial charge in [-0.15, -0.1) is 0 Å². The summed E-state index contributed by atoms with van der Waals surface area (Å²) in [5, 5.41) is 0. The zero-order valence-corrected chi connectivity index (χ0v) is 15.0. The molecule has 20 heavy (non-hydrogen) atoms. The van der Waals surface area contributed by atoms with Crippen LogP contribution in [0.15, 0.2) is 27.1 Å². The van der Waals surface area contributed by atoms with Gasteiger partial charge in [-0.3, -0.25) is 4.79 Å². The van der Waals surface area contributed by atoms with Crippen LogP contribution < -0.4 is 0 Å². The molecule has 1 unspecified atom stereocenters. The van der Waals surface area contributed by atoms with Crippen molar-refractivity contribution in [2.45, 2.75) is 39.0 Å². The van der Waals surface area contributed by atoms with Crippen LogP contribution in [-0.4, -0.2) is 23.9 Å². The lowest BCUT2D eigenvalue weighted by Crippen LogP contribution is -2.32. The van der Waals surface area contributed by atoms with E-state index in [1.807, 2.05) is 23.1 Å². The van der Waals surface area contributed by atoms with Gasteiger partial charge in [-0.05, 0) is 43.4 Å². The lowest BCUT2D eigenvalue weighted by Gasteiger charge is -2.21. The Morgan fingerprint density at radius 3 is 2.55 bits per heavy atom. The summed E-state index contributed by atoms with van der Waals surface area (Å²) in [6.45, 7) is 4.03. The summed E-state index contributed by atoms with van der Waals surface area (Å²) in [5.74, 6) is 0.955. The van der Waals surface area contributed by atoms with Crippen molar-refractivity contribution in [1.29, 1.82) is 0 Å². The summed E-state index contributed by atoms with van der Waals surface area (Å²) >= 11 is 6.90. The van der Waals surface area contributed by atoms with Crippen LogP contribution in [0.25, 0.3) is 0 Å². The molecular formula is C16H21Br2NO. The molecular weight excluding hydrogens is 382 g/mol. The molecule has 0 aromatic heterocycles. The van der Waals surface area contributed by atoms with Crippen LogP contribution in [0.3, 0.4) is 0 Å². The summed E-state index contributed by atoms with van der Waals surface area (Å²) in [6, 6.07) is 5.76. The molecule has 110 valence electrons. The molecule has 1 atom stereocenters. The van der Waals surface area contributed by atoms with Gasteiger partial charge in [-0.25, -0.2) is 0 Å². The van der Waals surface area contributed by atoms with Gasteiger partial charge >= 0.3 is 0 Å². The number of hydrogen-bond acceptors (Lipinski definition) is 1. The molecule has 0 aliphatic carbocycles. The highest BCUT2D eigenvalue weighted by atomic mass is 79.9. The number of carbonyl (C=O) groups is 1. The third-order valence-electron chi connectivity index (χ3n) is 3.94. The van der Waals surface area contributed by atoms with E-state index in [4.69, 9.17) is 0 Å². The van der Waals surface area contributed by atoms with E-state index in [-0.39, 0.29) is 5.91 Å². The third kappa shape index (κ3) is 4.32. The molecule has 2 nitrogen and oxygen atoms in total. The molecule has 1 fully saturated rings. The Morgan fingerprint density at radius 2 is 1.90 bits per heavy atom. The van der Waals surface area contributed by atoms with Gasteiger partial charge in [0.25, 0.3) is 5.91 Å². The first kappa shape index (κ1) is 16.0. The van der Waals surface area contributed by atoms with Gasteiger partial charge in [0.1, 0.15) is 0 Å². The standard InChI is InChI=1S/C16H21Br2NO/c1-2-4-12-5-3-7-19(8-6-12)16(20)13-9-14(17)11-15(18)10-13/h9-12H,2-8H2,1H3. The summed E-state index contributed by atoms with van der Waals surface area (Å²) in [7, 11) is 0. The van der Waals surface area contributed by atoms with Crippen LogP contribution in [0.2, 0.25) is 0 Å². The molecule has 0 spiro atoms. The van der Waals surface area contributed by atoms with Crippen molar-refractivity contribution >= 4 is 37.8 Å². The van der Waals surface area contributed by atoms with Gasteiger partial charge in [0.2, 0.25) is 0 Å². The van der Waals surface area contributed by atoms with Gasteiger partial charge in [0, 0.05) is 27.6 Å². The second-order valence-electron chi connectivity index (χ2n) is 5.54. The fourth-order valence-electron chi connectivity index (χ4n) is 2.93. The predicted octanol–water partition coefficient (Wildman–Crippen LogP) is 5.25. The average molecular weight is 403 g/mol. The number of hydrogen-bond donors (Lipinski definition) is 0. The topological polar surface area (TPSA) is 20.3 Å². The molecule has 4 heteroatoms. The summed E-state index contributed by atoms with van der Waals surface area (Å²) in [4.78, 5) is 14.6. The van der Waals surface area contributed by atoms with E-state index in [0.717, 1.165) is 46.4 Å². The highest BCUT2D eigenvalue weighted by Crippen LogP contribution is 2.25. The van der Waals surface area contributed by atoms with Crippen LogP contribution in [-0.2, 0) is 0 Å². The molecule has 1 saturated heterocycles. The predicted molar refractivity (Wildman–Crippen MR) is 90.0 cm³/mol. The Morgan fingerprint density at radius 1 is 1.20 bits per heavy atom. The molecule has 0 N–H and O–H groups in total. The monoisotopic (exact) mass is 401 g/mol. The van der Waals surface area contributed by atoms with Crippen LogP contribution in [0, 0.1) is 5.92 Å². The number of benzene rings is 1. The Hall–Kier alpha value is -0.350. The van der Waals surface area contributed by atoms with Crippen molar-refractivity contribution < 1.29 is 4.79 Å². The van der Waals surface area contributed by atoms with E-state index in [1.54, 1.807) is 0 Å². The van der Waals surface area contributed by atoms with Crippen molar-refractivity contribution in [1.82, 2.24) is 4.90 Å². The van der Waals surface area contributed by atoms with Crippen LogP contribution in [0.4, 0.5) is 0 Å². The van der Waals surface area contributed by atoms with E-state index in [2.05, 4.69) is 38.8 Å². The number of amides is 1. The van der Waals surface area contributed by atoms with E-state index in [9.17, 15) is 4.79 Å². The van der Waals surface area contributed by atoms with Crippen molar-refractivity contribution in [2.24, 2.45) is 5.92 Å². The molecule has 1 amide bonds. The van der Waals surface area contributed by atoms with Gasteiger partial charge in [0.05, 0.1) is 0 Å². The van der Waals surface area contributed by atoms with Crippen molar-refractivity contribution in [3.8, 4) is 0 Å². The second kappa shape index (κ2) is 7.60. The molecule has 1 aliphatic heterocycles. The largest absolute Gasteiger partial charge is 0.339 e. The second-order valence-corrected chi connectivity index (χ2v) is 7.37. The molecule has 1 aliphatic rings. The fraction of sp³-hybridized carbons (Fsp3) is 0.562. The fourth-order valence-corrected chi connectivity index (χ4v) is 4.22. The molecule has 1 heterocycles. The first-order valence-corrected chi connectivity index (χ1v) is 8.94. The zero-order chi connectivity index (χ0) is 14.5. The third-order valence-corrected chi connectivity index (χ3v) is 4.86. The number of likely N-dealkylation sites (tertiary alicyclic amines) is 1. The Bertz CT molecular complexity index is 455. The summed E-state index contributed by atoms with van der Waals surface area (Å²) < 4.78 is 1.88. The highest BCUT2D eigenvalue weighted by molar-refractivity contribution is 9.11. The average Bonchev–Trinajstić information content (AvgIpc) is 2.63. The quantitative estimate of drug-likeness (QED) is 0.675. The maximum absolute atomic E-state index is 12.6. The van der Waals surface area contributed by atoms with Crippen LogP contribution in [0.1, 0.15) is 49.4 Å². The molecule has 0 saturated carbocycles. The Balaban J connectivity index is 2.05. The summed E-state index contributed by atoms with van der Waals surface area (Å²) in [6.07, 6.45) is 6.09. The lowest BCUT2D eigenvalue weighted by atomic mass is 9.96. The number of rotatable bonds is 3. The van der Waals surface area contributed by atoms with Crippen molar-refractivity contribution in [3.05, 3.63) is 32.7 Å². The highest BCUT2D eigenvalue weighted by Gasteiger charge is 2.21. The van der Waals surface area contributed by atoms with Gasteiger partial charge in [0.15, 0.2) is 0 Å². The molecule has 0 radical (unpaired) electrons. The smallest absolute Gasteiger partial charge is 0.253 e. The first-order valence-electron chi connectivity index (χ1n) is 7.35. The van der Waals surface area contributed by atoms with Crippen LogP contribution >= 0.6 is 31.9 Å². The molecule has 1 aromatic rings. The first-order chi connectivity index (χ1) is 9.60. The van der Waals surface area contributed by atoms with Crippen molar-refractivity contribution in [3.63, 3.8) is 0 Å². The van der Waals surface area contributed by atoms with E-state index in [1.165, 1.54) is 19.3 Å². The molecule has 1 aromatic carbocycles. The summed E-state index contributed by atoms with van der Waals surface area (Å²) in [5.41, 5.74) is 0.764. The minimum Gasteiger partial charge on any atom is -0.339 e. The number of halogens is 2. The van der Waals surface area contributed by atoms with Gasteiger partial charge in [-0.2, -0.15) is 0 Å². The van der Waals surface area contributed by atoms with E-state index >= 15 is 0 Å². The Kier molecular flexibility index (Phi) is 6.09. The van der Waals surface area contributed by atoms with E-state index < -0.39 is 0 Å². The van der Waals surface area contributed by atoms with Crippen LogP contribution in [0.5, 0.6) is 0 Å². The minimum absolute atomic E-state index is 0.157. The minimum atomic E-state index is 0.157. The number of nitrogens with zero attached hydrogens (tertiary/aromatic N) is 1. The molecule has 2 rings (SSSR count). The van der Waals surface area contributed by atoms with Gasteiger partial charge in [-0.1, -0.05) is 51.6 Å². The van der Waals surface area contributed by atoms with E-state index in [0.29, 0.717) is 0 Å². The van der Waals surface area contributed by atoms with Gasteiger partial charge < -0.3 is 4.90 Å².